The van der Waals surface area contributed by atoms with Crippen LogP contribution in [0.25, 0.3) is 0 Å². The van der Waals surface area contributed by atoms with E-state index in [2.05, 4.69) is 35.1 Å². The van der Waals surface area contributed by atoms with E-state index >= 15 is 0 Å². The van der Waals surface area contributed by atoms with Gasteiger partial charge in [-0.15, -0.1) is 0 Å². The maximum atomic E-state index is 9.34. The van der Waals surface area contributed by atoms with Crippen LogP contribution in [0, 0.1) is 0 Å². The molecule has 84 valence electrons. The molecule has 0 saturated heterocycles. The zero-order valence-corrected chi connectivity index (χ0v) is 10.8. The number of rotatable bonds is 5. The predicted octanol–water partition coefficient (Wildman–Crippen LogP) is 3.43. The predicted molar refractivity (Wildman–Crippen MR) is 67.0 cm³/mol. The van der Waals surface area contributed by atoms with Gasteiger partial charge in [0.2, 0.25) is 0 Å². The van der Waals surface area contributed by atoms with Crippen molar-refractivity contribution in [2.75, 3.05) is 0 Å². The van der Waals surface area contributed by atoms with Crippen LogP contribution in [0.5, 0.6) is 5.75 Å². The van der Waals surface area contributed by atoms with Crippen molar-refractivity contribution < 1.29 is 5.11 Å². The van der Waals surface area contributed by atoms with Crippen LogP contribution >= 0.6 is 15.9 Å². The van der Waals surface area contributed by atoms with Gasteiger partial charge in [-0.05, 0) is 47.0 Å². The molecular weight excluding hydrogens is 254 g/mol. The number of phenols is 1. The summed E-state index contributed by atoms with van der Waals surface area (Å²) >= 11 is 3.31. The van der Waals surface area contributed by atoms with Crippen molar-refractivity contribution in [2.45, 2.75) is 39.3 Å². The van der Waals surface area contributed by atoms with Crippen molar-refractivity contribution in [3.63, 3.8) is 0 Å². The molecule has 1 aromatic carbocycles. The summed E-state index contributed by atoms with van der Waals surface area (Å²) in [7, 11) is 0. The van der Waals surface area contributed by atoms with Gasteiger partial charge in [0.1, 0.15) is 5.75 Å². The zero-order valence-electron chi connectivity index (χ0n) is 9.26. The normalized spacial score (nSPS) is 12.7. The highest BCUT2D eigenvalue weighted by Crippen LogP contribution is 2.24. The fraction of sp³-hybridized carbons (Fsp3) is 0.500. The first kappa shape index (κ1) is 12.5. The summed E-state index contributed by atoms with van der Waals surface area (Å²) in [6.45, 7) is 5.23. The molecule has 0 radical (unpaired) electrons. The zero-order chi connectivity index (χ0) is 11.3. The van der Waals surface area contributed by atoms with Crippen molar-refractivity contribution in [1.29, 1.82) is 0 Å². The summed E-state index contributed by atoms with van der Waals surface area (Å²) in [6.07, 6.45) is 2.40. The van der Waals surface area contributed by atoms with E-state index in [0.29, 0.717) is 11.8 Å². The molecule has 1 aromatic rings. The quantitative estimate of drug-likeness (QED) is 0.860. The van der Waals surface area contributed by atoms with Gasteiger partial charge in [0.25, 0.3) is 0 Å². The largest absolute Gasteiger partial charge is 0.507 e. The van der Waals surface area contributed by atoms with Crippen LogP contribution in [0.4, 0.5) is 0 Å². The molecule has 0 spiro atoms. The Balaban J connectivity index is 2.47. The molecule has 0 amide bonds. The number of halogens is 1. The van der Waals surface area contributed by atoms with Crippen LogP contribution in [-0.2, 0) is 6.54 Å². The molecule has 0 bridgehead atoms. The molecule has 3 heteroatoms. The van der Waals surface area contributed by atoms with E-state index in [-0.39, 0.29) is 0 Å². The molecule has 0 fully saturated rings. The van der Waals surface area contributed by atoms with Crippen LogP contribution in [0.2, 0.25) is 0 Å². The first-order chi connectivity index (χ1) is 7.13. The molecule has 0 aromatic heterocycles. The lowest BCUT2D eigenvalue weighted by molar-refractivity contribution is 0.471. The summed E-state index contributed by atoms with van der Waals surface area (Å²) in [5, 5.41) is 12.8. The van der Waals surface area contributed by atoms with E-state index in [1.807, 2.05) is 12.1 Å². The van der Waals surface area contributed by atoms with Crippen LogP contribution in [-0.4, -0.2) is 11.1 Å². The standard InChI is InChI=1S/C12H18BrNO/c1-3-4-9(2)14-8-10-5-6-12(15)11(13)7-10/h5-7,9,14-15H,3-4,8H2,1-2H3. The third kappa shape index (κ3) is 4.22. The Hall–Kier alpha value is -0.540. The maximum Gasteiger partial charge on any atom is 0.129 e. The number of nitrogens with one attached hydrogen (secondary N) is 1. The molecule has 0 heterocycles. The highest BCUT2D eigenvalue weighted by molar-refractivity contribution is 9.10. The third-order valence-electron chi connectivity index (χ3n) is 2.39. The Morgan fingerprint density at radius 1 is 1.47 bits per heavy atom. The number of hydrogen-bond acceptors (Lipinski definition) is 2. The van der Waals surface area contributed by atoms with Crippen molar-refractivity contribution in [3.8, 4) is 5.75 Å². The number of phenolic OH excluding ortho intramolecular Hbond substituents is 1. The Kier molecular flexibility index (Phi) is 5.12. The summed E-state index contributed by atoms with van der Waals surface area (Å²) < 4.78 is 0.755. The molecule has 1 atom stereocenters. The van der Waals surface area contributed by atoms with Crippen molar-refractivity contribution >= 4 is 15.9 Å². The molecular formula is C12H18BrNO. The van der Waals surface area contributed by atoms with Gasteiger partial charge in [-0.1, -0.05) is 19.4 Å². The topological polar surface area (TPSA) is 32.3 Å². The third-order valence-corrected chi connectivity index (χ3v) is 3.02. The van der Waals surface area contributed by atoms with Crippen LogP contribution < -0.4 is 5.32 Å². The molecule has 0 aliphatic carbocycles. The number of aromatic hydroxyl groups is 1. The fourth-order valence-electron chi connectivity index (χ4n) is 1.49. The molecule has 2 N–H and O–H groups in total. The Bertz CT molecular complexity index is 314. The second-order valence-electron chi connectivity index (χ2n) is 3.86. The van der Waals surface area contributed by atoms with E-state index in [4.69, 9.17) is 0 Å². The van der Waals surface area contributed by atoms with Gasteiger partial charge in [0.05, 0.1) is 4.47 Å². The maximum absolute atomic E-state index is 9.34. The number of hydrogen-bond donors (Lipinski definition) is 2. The summed E-state index contributed by atoms with van der Waals surface area (Å²) in [5.74, 6) is 0.292. The van der Waals surface area contributed by atoms with Crippen LogP contribution in [0.3, 0.4) is 0 Å². The second-order valence-corrected chi connectivity index (χ2v) is 4.71. The van der Waals surface area contributed by atoms with Gasteiger partial charge in [-0.2, -0.15) is 0 Å². The Labute approximate surface area is 99.8 Å². The van der Waals surface area contributed by atoms with Gasteiger partial charge in [-0.3, -0.25) is 0 Å². The molecule has 0 aliphatic heterocycles. The lowest BCUT2D eigenvalue weighted by Crippen LogP contribution is -2.25. The lowest BCUT2D eigenvalue weighted by atomic mass is 10.1. The minimum Gasteiger partial charge on any atom is -0.507 e. The number of benzene rings is 1. The van der Waals surface area contributed by atoms with E-state index < -0.39 is 0 Å². The monoisotopic (exact) mass is 271 g/mol. The highest BCUT2D eigenvalue weighted by Gasteiger charge is 2.02. The Morgan fingerprint density at radius 3 is 2.80 bits per heavy atom. The van der Waals surface area contributed by atoms with Crippen molar-refractivity contribution in [1.82, 2.24) is 5.32 Å². The first-order valence-corrected chi connectivity index (χ1v) is 6.13. The van der Waals surface area contributed by atoms with Crippen LogP contribution in [0.15, 0.2) is 22.7 Å². The summed E-state index contributed by atoms with van der Waals surface area (Å²) in [4.78, 5) is 0. The van der Waals surface area contributed by atoms with Gasteiger partial charge < -0.3 is 10.4 Å². The SMILES string of the molecule is CCCC(C)NCc1ccc(O)c(Br)c1. The highest BCUT2D eigenvalue weighted by atomic mass is 79.9. The minimum atomic E-state index is 0.292. The average molecular weight is 272 g/mol. The average Bonchev–Trinajstić information content (AvgIpc) is 2.20. The van der Waals surface area contributed by atoms with Crippen molar-refractivity contribution in [2.24, 2.45) is 0 Å². The van der Waals surface area contributed by atoms with Gasteiger partial charge in [0.15, 0.2) is 0 Å². The molecule has 2 nitrogen and oxygen atoms in total. The van der Waals surface area contributed by atoms with Gasteiger partial charge in [0, 0.05) is 12.6 Å². The molecule has 0 saturated carbocycles. The van der Waals surface area contributed by atoms with E-state index in [0.717, 1.165) is 11.0 Å². The van der Waals surface area contributed by atoms with Crippen LogP contribution in [0.1, 0.15) is 32.3 Å². The lowest BCUT2D eigenvalue weighted by Gasteiger charge is -2.12. The molecule has 1 rings (SSSR count). The van der Waals surface area contributed by atoms with E-state index in [1.165, 1.54) is 18.4 Å². The molecule has 15 heavy (non-hydrogen) atoms. The van der Waals surface area contributed by atoms with Crippen molar-refractivity contribution in [3.05, 3.63) is 28.2 Å². The Morgan fingerprint density at radius 2 is 2.20 bits per heavy atom. The molecule has 0 aliphatic rings. The van der Waals surface area contributed by atoms with Gasteiger partial charge in [-0.25, -0.2) is 0 Å². The second kappa shape index (κ2) is 6.13. The summed E-state index contributed by atoms with van der Waals surface area (Å²) in [6, 6.07) is 6.14. The van der Waals surface area contributed by atoms with E-state index in [1.54, 1.807) is 6.07 Å². The van der Waals surface area contributed by atoms with Gasteiger partial charge >= 0.3 is 0 Å². The van der Waals surface area contributed by atoms with E-state index in [9.17, 15) is 5.11 Å². The fourth-order valence-corrected chi connectivity index (χ4v) is 1.91. The summed E-state index contributed by atoms with van der Waals surface area (Å²) in [5.41, 5.74) is 1.18. The molecule has 1 unspecified atom stereocenters. The first-order valence-electron chi connectivity index (χ1n) is 5.34. The minimum absolute atomic E-state index is 0.292. The smallest absolute Gasteiger partial charge is 0.129 e.